The second-order valence-corrected chi connectivity index (χ2v) is 10.7. The molecule has 2 aliphatic heterocycles. The van der Waals surface area contributed by atoms with E-state index in [1.807, 2.05) is 22.8 Å². The van der Waals surface area contributed by atoms with Gasteiger partial charge in [-0.2, -0.15) is 5.10 Å². The lowest BCUT2D eigenvalue weighted by atomic mass is 10.1. The van der Waals surface area contributed by atoms with Crippen LogP contribution in [0.4, 0.5) is 5.13 Å². The van der Waals surface area contributed by atoms with Gasteiger partial charge < -0.3 is 15.1 Å². The highest BCUT2D eigenvalue weighted by molar-refractivity contribution is 8.26. The van der Waals surface area contributed by atoms with E-state index in [9.17, 15) is 4.79 Å². The van der Waals surface area contributed by atoms with Crippen molar-refractivity contribution in [1.82, 2.24) is 29.8 Å². The summed E-state index contributed by atoms with van der Waals surface area (Å²) in [5, 5.41) is 8.42. The molecule has 11 heteroatoms. The van der Waals surface area contributed by atoms with E-state index < -0.39 is 0 Å². The van der Waals surface area contributed by atoms with E-state index in [-0.39, 0.29) is 5.91 Å². The molecule has 1 aromatic carbocycles. The van der Waals surface area contributed by atoms with Gasteiger partial charge in [0.25, 0.3) is 5.91 Å². The van der Waals surface area contributed by atoms with Crippen LogP contribution in [0.2, 0.25) is 0 Å². The van der Waals surface area contributed by atoms with Gasteiger partial charge in [-0.25, -0.2) is 14.5 Å². The van der Waals surface area contributed by atoms with Gasteiger partial charge >= 0.3 is 0 Å². The first kappa shape index (κ1) is 20.7. The van der Waals surface area contributed by atoms with Crippen LogP contribution < -0.4 is 10.2 Å². The second-order valence-electron chi connectivity index (χ2n) is 7.99. The molecule has 0 spiro atoms. The number of carbonyl (C=O) groups excluding carboxylic acids is 1. The smallest absolute Gasteiger partial charge is 0.263 e. The number of imidazole rings is 1. The molecular weight excluding hydrogens is 474 g/mol. The second kappa shape index (κ2) is 8.17. The van der Waals surface area contributed by atoms with Crippen molar-refractivity contribution in [3.05, 3.63) is 47.1 Å². The number of thiazole rings is 1. The highest BCUT2D eigenvalue weighted by atomic mass is 32.2. The fourth-order valence-electron chi connectivity index (χ4n) is 3.92. The van der Waals surface area contributed by atoms with Crippen molar-refractivity contribution >= 4 is 72.6 Å². The number of fused-ring (bicyclic) bond motifs is 2. The van der Waals surface area contributed by atoms with Crippen molar-refractivity contribution in [3.8, 4) is 11.3 Å². The number of piperazine rings is 1. The molecule has 5 heterocycles. The predicted octanol–water partition coefficient (Wildman–Crippen LogP) is 3.25. The predicted molar refractivity (Wildman–Crippen MR) is 138 cm³/mol. The summed E-state index contributed by atoms with van der Waals surface area (Å²) < 4.78 is 3.41. The van der Waals surface area contributed by atoms with Crippen molar-refractivity contribution in [1.29, 1.82) is 0 Å². The molecule has 3 aromatic heterocycles. The van der Waals surface area contributed by atoms with E-state index in [1.54, 1.807) is 17.4 Å². The number of thioether (sulfide) groups is 1. The minimum Gasteiger partial charge on any atom is -0.345 e. The maximum Gasteiger partial charge on any atom is 0.263 e. The van der Waals surface area contributed by atoms with Gasteiger partial charge in [-0.15, -0.1) is 0 Å². The molecule has 0 radical (unpaired) electrons. The van der Waals surface area contributed by atoms with Crippen LogP contribution in [0.3, 0.4) is 0 Å². The highest BCUT2D eigenvalue weighted by Gasteiger charge is 2.22. The molecule has 33 heavy (non-hydrogen) atoms. The van der Waals surface area contributed by atoms with Crippen molar-refractivity contribution < 1.29 is 4.79 Å². The SMILES string of the molecule is CN1CCN(c2nc3ccc(-c4cnc5ccc(/C=C6\SC(=S)NC6=O)nn45)cc3s2)CC1. The number of anilines is 1. The number of aromatic nitrogens is 4. The Kier molecular flexibility index (Phi) is 5.13. The normalized spacial score (nSPS) is 18.7. The maximum atomic E-state index is 12.0. The number of amides is 1. The van der Waals surface area contributed by atoms with Crippen LogP contribution in [0, 0.1) is 0 Å². The van der Waals surface area contributed by atoms with E-state index in [0.717, 1.165) is 58.4 Å². The molecule has 1 amide bonds. The fourth-order valence-corrected chi connectivity index (χ4v) is 6.01. The van der Waals surface area contributed by atoms with Crippen molar-refractivity contribution in [2.24, 2.45) is 0 Å². The zero-order valence-corrected chi connectivity index (χ0v) is 20.1. The summed E-state index contributed by atoms with van der Waals surface area (Å²) in [5.41, 5.74) is 4.33. The third kappa shape index (κ3) is 3.90. The molecule has 0 saturated carbocycles. The topological polar surface area (TPSA) is 78.7 Å². The first-order valence-corrected chi connectivity index (χ1v) is 12.5. The van der Waals surface area contributed by atoms with Gasteiger partial charge in [-0.3, -0.25) is 4.79 Å². The lowest BCUT2D eigenvalue weighted by Gasteiger charge is -2.32. The number of carbonyl (C=O) groups is 1. The van der Waals surface area contributed by atoms with Crippen LogP contribution in [-0.2, 0) is 4.79 Å². The Morgan fingerprint density at radius 1 is 1.15 bits per heavy atom. The standard InChI is InChI=1S/C22H19N7OS3/c1-27-6-8-28(9-7-27)21-24-15-4-2-13(10-17(15)32-21)16-12-23-19-5-3-14(26-29(16)19)11-18-20(30)25-22(31)33-18/h2-5,10-12H,6-9H2,1H3,(H,25,30,31)/b18-11-. The van der Waals surface area contributed by atoms with Crippen molar-refractivity contribution in [2.75, 3.05) is 38.1 Å². The third-order valence-corrected chi connectivity index (χ3v) is 7.99. The highest BCUT2D eigenvalue weighted by Crippen LogP contribution is 2.33. The monoisotopic (exact) mass is 493 g/mol. The lowest BCUT2D eigenvalue weighted by molar-refractivity contribution is -0.115. The van der Waals surface area contributed by atoms with Crippen LogP contribution in [-0.4, -0.2) is 67.9 Å². The maximum absolute atomic E-state index is 12.0. The minimum atomic E-state index is -0.190. The van der Waals surface area contributed by atoms with E-state index in [4.69, 9.17) is 22.3 Å². The Balaban J connectivity index is 1.35. The van der Waals surface area contributed by atoms with Crippen LogP contribution >= 0.6 is 35.3 Å². The van der Waals surface area contributed by atoms with E-state index in [1.165, 1.54) is 11.8 Å². The van der Waals surface area contributed by atoms with Crippen LogP contribution in [0.5, 0.6) is 0 Å². The van der Waals surface area contributed by atoms with Crippen LogP contribution in [0.25, 0.3) is 33.2 Å². The van der Waals surface area contributed by atoms with E-state index in [2.05, 4.69) is 45.3 Å². The number of rotatable bonds is 3. The Morgan fingerprint density at radius 3 is 2.79 bits per heavy atom. The zero-order valence-electron chi connectivity index (χ0n) is 17.7. The molecule has 2 saturated heterocycles. The summed E-state index contributed by atoms with van der Waals surface area (Å²) in [6.45, 7) is 4.11. The minimum absolute atomic E-state index is 0.190. The summed E-state index contributed by atoms with van der Waals surface area (Å²) in [6.07, 6.45) is 3.58. The molecule has 0 atom stereocenters. The Bertz CT molecular complexity index is 1450. The molecule has 1 N–H and O–H groups in total. The summed E-state index contributed by atoms with van der Waals surface area (Å²) in [7, 11) is 2.16. The summed E-state index contributed by atoms with van der Waals surface area (Å²) in [5.74, 6) is -0.190. The Labute approximate surface area is 203 Å². The van der Waals surface area contributed by atoms with Gasteiger partial charge in [-0.05, 0) is 37.4 Å². The average molecular weight is 494 g/mol. The molecular formula is C22H19N7OS3. The largest absolute Gasteiger partial charge is 0.345 e. The first-order chi connectivity index (χ1) is 16.0. The Hall–Kier alpha value is -2.86. The molecule has 0 bridgehead atoms. The number of likely N-dealkylation sites (N-methyl/N-ethyl adjacent to an activating group) is 1. The molecule has 166 valence electrons. The summed E-state index contributed by atoms with van der Waals surface area (Å²) in [6, 6.07) is 10.0. The fraction of sp³-hybridized carbons (Fsp3) is 0.227. The first-order valence-electron chi connectivity index (χ1n) is 10.5. The molecule has 0 unspecified atom stereocenters. The Morgan fingerprint density at radius 2 is 2.00 bits per heavy atom. The van der Waals surface area contributed by atoms with Gasteiger partial charge in [0.1, 0.15) is 4.32 Å². The lowest BCUT2D eigenvalue weighted by Crippen LogP contribution is -2.44. The number of hydrogen-bond donors (Lipinski definition) is 1. The van der Waals surface area contributed by atoms with Crippen molar-refractivity contribution in [2.45, 2.75) is 0 Å². The average Bonchev–Trinajstić information content (AvgIpc) is 3.50. The summed E-state index contributed by atoms with van der Waals surface area (Å²) >= 11 is 8.04. The number of nitrogens with zero attached hydrogens (tertiary/aromatic N) is 6. The molecule has 4 aromatic rings. The quantitative estimate of drug-likeness (QED) is 0.344. The van der Waals surface area contributed by atoms with Gasteiger partial charge in [0, 0.05) is 31.7 Å². The third-order valence-electron chi connectivity index (χ3n) is 5.75. The number of hydrogen-bond acceptors (Lipinski definition) is 9. The molecule has 6 rings (SSSR count). The van der Waals surface area contributed by atoms with Gasteiger partial charge in [0.15, 0.2) is 10.8 Å². The number of thiocarbonyl (C=S) groups is 1. The zero-order chi connectivity index (χ0) is 22.5. The van der Waals surface area contributed by atoms with E-state index >= 15 is 0 Å². The molecule has 2 aliphatic rings. The van der Waals surface area contributed by atoms with Gasteiger partial charge in [0.05, 0.1) is 32.7 Å². The van der Waals surface area contributed by atoms with E-state index in [0.29, 0.717) is 14.9 Å². The van der Waals surface area contributed by atoms with Crippen LogP contribution in [0.1, 0.15) is 5.69 Å². The van der Waals surface area contributed by atoms with Crippen LogP contribution in [0.15, 0.2) is 41.4 Å². The number of nitrogens with one attached hydrogen (secondary N) is 1. The molecule has 8 nitrogen and oxygen atoms in total. The summed E-state index contributed by atoms with van der Waals surface area (Å²) in [4.78, 5) is 26.6. The van der Waals surface area contributed by atoms with Gasteiger partial charge in [-0.1, -0.05) is 41.4 Å². The molecule has 2 fully saturated rings. The van der Waals surface area contributed by atoms with Gasteiger partial charge in [0.2, 0.25) is 0 Å². The van der Waals surface area contributed by atoms with Crippen molar-refractivity contribution in [3.63, 3.8) is 0 Å². The molecule has 0 aliphatic carbocycles. The number of benzene rings is 1.